The molecule has 1 atom stereocenters. The van der Waals surface area contributed by atoms with Gasteiger partial charge in [-0.2, -0.15) is 0 Å². The standard InChI is InChI=1S/C11H20ClNO2/c1-11(2,8-14)4-3-5-13-7-9(12)6-10(13)15/h9,14H,3-8H2,1-2H3. The van der Waals surface area contributed by atoms with E-state index in [4.69, 9.17) is 16.7 Å². The molecule has 1 rings (SSSR count). The molecule has 0 aromatic carbocycles. The Morgan fingerprint density at radius 1 is 1.60 bits per heavy atom. The van der Waals surface area contributed by atoms with Gasteiger partial charge in [-0.25, -0.2) is 0 Å². The molecule has 1 aliphatic rings. The van der Waals surface area contributed by atoms with Crippen molar-refractivity contribution in [1.29, 1.82) is 0 Å². The highest BCUT2D eigenvalue weighted by Gasteiger charge is 2.27. The Morgan fingerprint density at radius 2 is 2.27 bits per heavy atom. The molecule has 3 nitrogen and oxygen atoms in total. The van der Waals surface area contributed by atoms with Gasteiger partial charge in [0.25, 0.3) is 0 Å². The fraction of sp³-hybridized carbons (Fsp3) is 0.909. The van der Waals surface area contributed by atoms with Crippen molar-refractivity contribution in [2.24, 2.45) is 5.41 Å². The van der Waals surface area contributed by atoms with Crippen LogP contribution in [0.1, 0.15) is 33.1 Å². The minimum atomic E-state index is -0.0386. The molecule has 1 N–H and O–H groups in total. The van der Waals surface area contributed by atoms with E-state index in [9.17, 15) is 4.79 Å². The summed E-state index contributed by atoms with van der Waals surface area (Å²) < 4.78 is 0. The third-order valence-corrected chi connectivity index (χ3v) is 3.17. The number of carbonyl (C=O) groups is 1. The monoisotopic (exact) mass is 233 g/mol. The second-order valence-electron chi connectivity index (χ2n) is 5.07. The molecule has 0 spiro atoms. The number of likely N-dealkylation sites (tertiary alicyclic amines) is 1. The molecule has 0 saturated carbocycles. The van der Waals surface area contributed by atoms with Gasteiger partial charge < -0.3 is 10.0 Å². The average molecular weight is 234 g/mol. The van der Waals surface area contributed by atoms with Gasteiger partial charge in [-0.3, -0.25) is 4.79 Å². The van der Waals surface area contributed by atoms with Crippen LogP contribution in [0.2, 0.25) is 0 Å². The Hall–Kier alpha value is -0.280. The molecule has 4 heteroatoms. The van der Waals surface area contributed by atoms with Gasteiger partial charge in [-0.15, -0.1) is 11.6 Å². The maximum Gasteiger partial charge on any atom is 0.224 e. The minimum Gasteiger partial charge on any atom is -0.396 e. The summed E-state index contributed by atoms with van der Waals surface area (Å²) in [5.74, 6) is 0.164. The lowest BCUT2D eigenvalue weighted by atomic mass is 9.89. The number of hydrogen-bond acceptors (Lipinski definition) is 2. The van der Waals surface area contributed by atoms with Gasteiger partial charge in [0.1, 0.15) is 0 Å². The molecule has 1 heterocycles. The third kappa shape index (κ3) is 3.99. The minimum absolute atomic E-state index is 0.0108. The summed E-state index contributed by atoms with van der Waals surface area (Å²) in [7, 11) is 0. The molecule has 0 bridgehead atoms. The fourth-order valence-electron chi connectivity index (χ4n) is 1.77. The van der Waals surface area contributed by atoms with Gasteiger partial charge in [-0.05, 0) is 18.3 Å². The number of aliphatic hydroxyl groups excluding tert-OH is 1. The highest BCUT2D eigenvalue weighted by Crippen LogP contribution is 2.23. The van der Waals surface area contributed by atoms with Gasteiger partial charge in [0.15, 0.2) is 0 Å². The van der Waals surface area contributed by atoms with Crippen molar-refractivity contribution in [3.8, 4) is 0 Å². The Balaban J connectivity index is 2.23. The number of rotatable bonds is 5. The predicted octanol–water partition coefficient (Wildman–Crippen LogP) is 1.62. The molecular weight excluding hydrogens is 214 g/mol. The van der Waals surface area contributed by atoms with Crippen LogP contribution in [-0.4, -0.2) is 41.0 Å². The number of carbonyl (C=O) groups excluding carboxylic acids is 1. The summed E-state index contributed by atoms with van der Waals surface area (Å²) >= 11 is 5.90. The maximum absolute atomic E-state index is 11.4. The van der Waals surface area contributed by atoms with Crippen LogP contribution in [0.3, 0.4) is 0 Å². The van der Waals surface area contributed by atoms with Crippen LogP contribution < -0.4 is 0 Å². The fourth-order valence-corrected chi connectivity index (χ4v) is 2.07. The Labute approximate surface area is 96.4 Å². The van der Waals surface area contributed by atoms with Gasteiger partial charge in [0.2, 0.25) is 5.91 Å². The van der Waals surface area contributed by atoms with Crippen LogP contribution in [0, 0.1) is 5.41 Å². The molecule has 1 unspecified atom stereocenters. The Kier molecular flexibility index (Phi) is 4.41. The van der Waals surface area contributed by atoms with Crippen LogP contribution in [0.25, 0.3) is 0 Å². The van der Waals surface area contributed by atoms with Crippen molar-refractivity contribution < 1.29 is 9.90 Å². The second-order valence-corrected chi connectivity index (χ2v) is 5.68. The normalized spacial score (nSPS) is 22.5. The van der Waals surface area contributed by atoms with E-state index in [1.54, 1.807) is 0 Å². The SMILES string of the molecule is CC(C)(CO)CCCN1CC(Cl)CC1=O. The van der Waals surface area contributed by atoms with E-state index in [1.165, 1.54) is 0 Å². The zero-order chi connectivity index (χ0) is 11.5. The summed E-state index contributed by atoms with van der Waals surface area (Å²) in [5.41, 5.74) is -0.0386. The maximum atomic E-state index is 11.4. The molecule has 0 aromatic heterocycles. The molecular formula is C11H20ClNO2. The molecule has 0 aromatic rings. The predicted molar refractivity (Wildman–Crippen MR) is 60.9 cm³/mol. The second kappa shape index (κ2) is 5.17. The van der Waals surface area contributed by atoms with E-state index in [0.717, 1.165) is 19.4 Å². The smallest absolute Gasteiger partial charge is 0.224 e. The number of halogens is 1. The highest BCUT2D eigenvalue weighted by molar-refractivity contribution is 6.22. The molecule has 0 aliphatic carbocycles. The van der Waals surface area contributed by atoms with E-state index < -0.39 is 0 Å². The molecule has 15 heavy (non-hydrogen) atoms. The van der Waals surface area contributed by atoms with E-state index in [1.807, 2.05) is 18.7 Å². The number of aliphatic hydroxyl groups is 1. The molecule has 1 amide bonds. The van der Waals surface area contributed by atoms with Gasteiger partial charge in [-0.1, -0.05) is 13.8 Å². The number of amides is 1. The largest absolute Gasteiger partial charge is 0.396 e. The molecule has 1 saturated heterocycles. The summed E-state index contributed by atoms with van der Waals surface area (Å²) in [6.07, 6.45) is 2.34. The van der Waals surface area contributed by atoms with Crippen molar-refractivity contribution in [2.45, 2.75) is 38.5 Å². The number of alkyl halides is 1. The summed E-state index contributed by atoms with van der Waals surface area (Å²) in [4.78, 5) is 13.2. The van der Waals surface area contributed by atoms with Crippen LogP contribution in [0.4, 0.5) is 0 Å². The van der Waals surface area contributed by atoms with E-state index in [-0.39, 0.29) is 23.3 Å². The first-order valence-corrected chi connectivity index (χ1v) is 5.91. The quantitative estimate of drug-likeness (QED) is 0.734. The lowest BCUT2D eigenvalue weighted by Crippen LogP contribution is -2.28. The van der Waals surface area contributed by atoms with E-state index in [2.05, 4.69) is 0 Å². The summed E-state index contributed by atoms with van der Waals surface area (Å²) in [5, 5.41) is 9.07. The van der Waals surface area contributed by atoms with Crippen molar-refractivity contribution in [2.75, 3.05) is 19.7 Å². The van der Waals surface area contributed by atoms with Gasteiger partial charge in [0, 0.05) is 26.1 Å². The third-order valence-electron chi connectivity index (χ3n) is 2.88. The van der Waals surface area contributed by atoms with Crippen LogP contribution >= 0.6 is 11.6 Å². The van der Waals surface area contributed by atoms with Gasteiger partial charge >= 0.3 is 0 Å². The lowest BCUT2D eigenvalue weighted by molar-refractivity contribution is -0.127. The van der Waals surface area contributed by atoms with Crippen LogP contribution in [0.15, 0.2) is 0 Å². The van der Waals surface area contributed by atoms with E-state index in [0.29, 0.717) is 13.0 Å². The summed E-state index contributed by atoms with van der Waals surface area (Å²) in [6, 6.07) is 0. The van der Waals surface area contributed by atoms with Crippen molar-refractivity contribution in [3.63, 3.8) is 0 Å². The van der Waals surface area contributed by atoms with E-state index >= 15 is 0 Å². The van der Waals surface area contributed by atoms with Crippen molar-refractivity contribution in [3.05, 3.63) is 0 Å². The van der Waals surface area contributed by atoms with Crippen molar-refractivity contribution >= 4 is 17.5 Å². The summed E-state index contributed by atoms with van der Waals surface area (Å²) in [6.45, 7) is 5.71. The van der Waals surface area contributed by atoms with Crippen LogP contribution in [-0.2, 0) is 4.79 Å². The topological polar surface area (TPSA) is 40.5 Å². The number of nitrogens with zero attached hydrogens (tertiary/aromatic N) is 1. The Morgan fingerprint density at radius 3 is 2.73 bits per heavy atom. The number of hydrogen-bond donors (Lipinski definition) is 1. The zero-order valence-corrected chi connectivity index (χ0v) is 10.3. The lowest BCUT2D eigenvalue weighted by Gasteiger charge is -2.23. The first kappa shape index (κ1) is 12.8. The highest BCUT2D eigenvalue weighted by atomic mass is 35.5. The molecule has 1 aliphatic heterocycles. The Bertz CT molecular complexity index is 231. The van der Waals surface area contributed by atoms with Gasteiger partial charge in [0.05, 0.1) is 5.38 Å². The van der Waals surface area contributed by atoms with Crippen molar-refractivity contribution in [1.82, 2.24) is 4.90 Å². The molecule has 88 valence electrons. The first-order chi connectivity index (χ1) is 6.94. The molecule has 0 radical (unpaired) electrons. The zero-order valence-electron chi connectivity index (χ0n) is 9.50. The van der Waals surface area contributed by atoms with Crippen LogP contribution in [0.5, 0.6) is 0 Å². The molecule has 1 fully saturated rings. The first-order valence-electron chi connectivity index (χ1n) is 5.47. The average Bonchev–Trinajstić information content (AvgIpc) is 2.45.